The highest BCUT2D eigenvalue weighted by molar-refractivity contribution is 6.09. The summed E-state index contributed by atoms with van der Waals surface area (Å²) in [5.41, 5.74) is -0.485. The number of urea groups is 1. The molecule has 0 aromatic heterocycles. The first-order chi connectivity index (χ1) is 13.9. The zero-order valence-electron chi connectivity index (χ0n) is 17.9. The summed E-state index contributed by atoms with van der Waals surface area (Å²) in [5.74, 6) is -0.0556. The molecule has 2 N–H and O–H groups in total. The van der Waals surface area contributed by atoms with Crippen molar-refractivity contribution in [3.05, 3.63) is 29.8 Å². The fourth-order valence-corrected chi connectivity index (χ4v) is 3.70. The topological polar surface area (TPSA) is 87.7 Å². The van der Waals surface area contributed by atoms with Gasteiger partial charge in [0.15, 0.2) is 0 Å². The van der Waals surface area contributed by atoms with Gasteiger partial charge in [-0.05, 0) is 37.5 Å². The monoisotopic (exact) mass is 403 g/mol. The number of hydrogen-bond acceptors (Lipinski definition) is 4. The van der Waals surface area contributed by atoms with Crippen molar-refractivity contribution in [2.75, 3.05) is 13.7 Å². The molecule has 2 atom stereocenters. The normalized spacial score (nSPS) is 19.8. The fourth-order valence-electron chi connectivity index (χ4n) is 3.70. The summed E-state index contributed by atoms with van der Waals surface area (Å²) < 4.78 is 5.16. The van der Waals surface area contributed by atoms with Crippen molar-refractivity contribution in [3.63, 3.8) is 0 Å². The van der Waals surface area contributed by atoms with Crippen molar-refractivity contribution in [2.45, 2.75) is 70.9 Å². The lowest BCUT2D eigenvalue weighted by molar-refractivity contribution is -0.135. The number of unbranched alkanes of at least 4 members (excludes halogenated alkanes) is 3. The van der Waals surface area contributed by atoms with Crippen molar-refractivity contribution < 1.29 is 19.1 Å². The zero-order valence-corrected chi connectivity index (χ0v) is 17.9. The molecular weight excluding hydrogens is 370 g/mol. The smallest absolute Gasteiger partial charge is 0.325 e. The van der Waals surface area contributed by atoms with E-state index in [0.717, 1.165) is 24.2 Å². The number of hydrogen-bond donors (Lipinski definition) is 2. The van der Waals surface area contributed by atoms with E-state index in [2.05, 4.69) is 17.6 Å². The third-order valence-corrected chi connectivity index (χ3v) is 5.49. The molecule has 1 aromatic carbocycles. The largest absolute Gasteiger partial charge is 0.497 e. The molecule has 4 amide bonds. The molecule has 0 bridgehead atoms. The van der Waals surface area contributed by atoms with Crippen molar-refractivity contribution in [3.8, 4) is 5.75 Å². The van der Waals surface area contributed by atoms with Crippen LogP contribution in [-0.2, 0) is 15.1 Å². The molecule has 1 aromatic rings. The Bertz CT molecular complexity index is 719. The molecule has 0 unspecified atom stereocenters. The average molecular weight is 404 g/mol. The predicted octanol–water partition coefficient (Wildman–Crippen LogP) is 3.33. The van der Waals surface area contributed by atoms with Crippen LogP contribution in [0.25, 0.3) is 0 Å². The van der Waals surface area contributed by atoms with E-state index >= 15 is 0 Å². The number of carbonyl (C=O) groups excluding carboxylic acids is 3. The van der Waals surface area contributed by atoms with E-state index in [1.807, 2.05) is 13.8 Å². The molecule has 7 heteroatoms. The highest BCUT2D eigenvalue weighted by Gasteiger charge is 2.51. The molecule has 0 saturated carbocycles. The predicted molar refractivity (Wildman–Crippen MR) is 112 cm³/mol. The van der Waals surface area contributed by atoms with E-state index in [-0.39, 0.29) is 18.5 Å². The summed E-state index contributed by atoms with van der Waals surface area (Å²) in [5, 5.41) is 5.69. The SMILES string of the molecule is CCCCCC[C@@H](C)NC(=O)CN1C(=O)N[C@@](CC)(c2ccc(OC)cc2)C1=O. The number of imide groups is 1. The van der Waals surface area contributed by atoms with Gasteiger partial charge < -0.3 is 15.4 Å². The molecule has 0 aliphatic carbocycles. The Hall–Kier alpha value is -2.57. The zero-order chi connectivity index (χ0) is 21.4. The van der Waals surface area contributed by atoms with Gasteiger partial charge in [-0.3, -0.25) is 14.5 Å². The third kappa shape index (κ3) is 5.28. The minimum Gasteiger partial charge on any atom is -0.497 e. The van der Waals surface area contributed by atoms with Gasteiger partial charge in [-0.15, -0.1) is 0 Å². The van der Waals surface area contributed by atoms with E-state index in [0.29, 0.717) is 17.7 Å². The van der Waals surface area contributed by atoms with E-state index in [1.54, 1.807) is 31.4 Å². The van der Waals surface area contributed by atoms with Crippen LogP contribution in [0.15, 0.2) is 24.3 Å². The number of amides is 4. The lowest BCUT2D eigenvalue weighted by Gasteiger charge is -2.26. The van der Waals surface area contributed by atoms with E-state index in [1.165, 1.54) is 12.8 Å². The van der Waals surface area contributed by atoms with Crippen LogP contribution < -0.4 is 15.4 Å². The second-order valence-corrected chi connectivity index (χ2v) is 7.63. The lowest BCUT2D eigenvalue weighted by atomic mass is 9.87. The summed E-state index contributed by atoms with van der Waals surface area (Å²) in [6.07, 6.45) is 5.82. The molecule has 2 rings (SSSR count). The van der Waals surface area contributed by atoms with Crippen LogP contribution in [0.1, 0.15) is 64.9 Å². The van der Waals surface area contributed by atoms with Gasteiger partial charge in [-0.1, -0.05) is 51.7 Å². The lowest BCUT2D eigenvalue weighted by Crippen LogP contribution is -2.45. The van der Waals surface area contributed by atoms with Crippen molar-refractivity contribution in [1.82, 2.24) is 15.5 Å². The second kappa shape index (κ2) is 10.3. The number of rotatable bonds is 11. The summed E-state index contributed by atoms with van der Waals surface area (Å²) >= 11 is 0. The Balaban J connectivity index is 2.02. The molecule has 1 fully saturated rings. The molecule has 0 spiro atoms. The number of benzene rings is 1. The molecule has 1 aliphatic rings. The maximum Gasteiger partial charge on any atom is 0.325 e. The van der Waals surface area contributed by atoms with Crippen molar-refractivity contribution in [2.24, 2.45) is 0 Å². The Morgan fingerprint density at radius 3 is 2.45 bits per heavy atom. The van der Waals surface area contributed by atoms with Crippen LogP contribution >= 0.6 is 0 Å². The number of methoxy groups -OCH3 is 1. The van der Waals surface area contributed by atoms with E-state index in [4.69, 9.17) is 4.74 Å². The molecule has 7 nitrogen and oxygen atoms in total. The standard InChI is InChI=1S/C22H33N3O4/c1-5-7-8-9-10-16(3)23-19(26)15-25-20(27)22(6-2,24-21(25)28)17-11-13-18(29-4)14-12-17/h11-14,16H,5-10,15H2,1-4H3,(H,23,26)(H,24,28)/t16-,22+/m1/s1. The molecule has 1 heterocycles. The molecule has 1 saturated heterocycles. The second-order valence-electron chi connectivity index (χ2n) is 7.63. The van der Waals surface area contributed by atoms with Crippen LogP contribution in [0.5, 0.6) is 5.75 Å². The molecule has 0 radical (unpaired) electrons. The maximum absolute atomic E-state index is 13.1. The average Bonchev–Trinajstić information content (AvgIpc) is 2.96. The maximum atomic E-state index is 13.1. The number of nitrogens with zero attached hydrogens (tertiary/aromatic N) is 1. The number of carbonyl (C=O) groups is 3. The van der Waals surface area contributed by atoms with Gasteiger partial charge in [0.2, 0.25) is 5.91 Å². The van der Waals surface area contributed by atoms with Crippen LogP contribution in [0, 0.1) is 0 Å². The van der Waals surface area contributed by atoms with Crippen molar-refractivity contribution in [1.29, 1.82) is 0 Å². The van der Waals surface area contributed by atoms with Gasteiger partial charge in [0.25, 0.3) is 5.91 Å². The Kier molecular flexibility index (Phi) is 8.05. The first-order valence-electron chi connectivity index (χ1n) is 10.5. The summed E-state index contributed by atoms with van der Waals surface area (Å²) in [7, 11) is 1.57. The van der Waals surface area contributed by atoms with Gasteiger partial charge in [-0.25, -0.2) is 4.79 Å². The molecule has 160 valence electrons. The number of nitrogens with one attached hydrogen (secondary N) is 2. The van der Waals surface area contributed by atoms with Gasteiger partial charge >= 0.3 is 6.03 Å². The Morgan fingerprint density at radius 1 is 1.17 bits per heavy atom. The highest BCUT2D eigenvalue weighted by Crippen LogP contribution is 2.33. The molecular formula is C22H33N3O4. The Labute approximate surface area is 173 Å². The summed E-state index contributed by atoms with van der Waals surface area (Å²) in [4.78, 5) is 39.0. The number of ether oxygens (including phenoxy) is 1. The van der Waals surface area contributed by atoms with Crippen LogP contribution in [0.3, 0.4) is 0 Å². The summed E-state index contributed by atoms with van der Waals surface area (Å²) in [6, 6.07) is 6.50. The Morgan fingerprint density at radius 2 is 1.86 bits per heavy atom. The van der Waals surface area contributed by atoms with Crippen LogP contribution in [0.4, 0.5) is 4.79 Å². The fraction of sp³-hybridized carbons (Fsp3) is 0.591. The van der Waals surface area contributed by atoms with Gasteiger partial charge in [0.05, 0.1) is 7.11 Å². The highest BCUT2D eigenvalue weighted by atomic mass is 16.5. The van der Waals surface area contributed by atoms with Crippen LogP contribution in [0.2, 0.25) is 0 Å². The first-order valence-corrected chi connectivity index (χ1v) is 10.5. The van der Waals surface area contributed by atoms with Crippen LogP contribution in [-0.4, -0.2) is 42.4 Å². The van der Waals surface area contributed by atoms with Crippen molar-refractivity contribution >= 4 is 17.8 Å². The third-order valence-electron chi connectivity index (χ3n) is 5.49. The van der Waals surface area contributed by atoms with E-state index in [9.17, 15) is 14.4 Å². The van der Waals surface area contributed by atoms with E-state index < -0.39 is 17.5 Å². The van der Waals surface area contributed by atoms with Gasteiger partial charge in [-0.2, -0.15) is 0 Å². The minimum absolute atomic E-state index is 0.0117. The quantitative estimate of drug-likeness (QED) is 0.438. The van der Waals surface area contributed by atoms with Gasteiger partial charge in [0.1, 0.15) is 17.8 Å². The summed E-state index contributed by atoms with van der Waals surface area (Å²) in [6.45, 7) is 5.67. The van der Waals surface area contributed by atoms with Gasteiger partial charge in [0, 0.05) is 6.04 Å². The molecule has 29 heavy (non-hydrogen) atoms. The minimum atomic E-state index is -1.16. The first kappa shape index (κ1) is 22.7. The molecule has 1 aliphatic heterocycles.